The number of nitrogens with one attached hydrogen (secondary N) is 1. The van der Waals surface area contributed by atoms with Crippen LogP contribution in [0.5, 0.6) is 0 Å². The van der Waals surface area contributed by atoms with Crippen molar-refractivity contribution in [2.45, 2.75) is 33.2 Å². The molecule has 0 bridgehead atoms. The van der Waals surface area contributed by atoms with Gasteiger partial charge in [-0.1, -0.05) is 0 Å². The van der Waals surface area contributed by atoms with Crippen LogP contribution in [0.4, 0.5) is 0 Å². The SMILES string of the molecule is Cc1coc2cc3oc(=O)c(CC(=O)N[C@H](C)C(=O)O)c(C)c3cc12. The van der Waals surface area contributed by atoms with E-state index in [1.165, 1.54) is 6.92 Å². The summed E-state index contributed by atoms with van der Waals surface area (Å²) in [7, 11) is 0. The van der Waals surface area contributed by atoms with E-state index in [0.717, 1.165) is 10.9 Å². The third-order valence-electron chi connectivity index (χ3n) is 4.26. The average molecular weight is 343 g/mol. The minimum Gasteiger partial charge on any atom is -0.480 e. The van der Waals surface area contributed by atoms with Crippen molar-refractivity contribution in [3.63, 3.8) is 0 Å². The lowest BCUT2D eigenvalue weighted by Crippen LogP contribution is -2.39. The molecule has 0 saturated carbocycles. The molecule has 2 N–H and O–H groups in total. The van der Waals surface area contributed by atoms with Crippen LogP contribution in [0.25, 0.3) is 21.9 Å². The summed E-state index contributed by atoms with van der Waals surface area (Å²) in [6.07, 6.45) is 1.38. The van der Waals surface area contributed by atoms with E-state index in [1.807, 2.05) is 13.0 Å². The first kappa shape index (κ1) is 16.8. The molecular formula is C18H17NO6. The highest BCUT2D eigenvalue weighted by atomic mass is 16.4. The van der Waals surface area contributed by atoms with Gasteiger partial charge in [0, 0.05) is 16.8 Å². The van der Waals surface area contributed by atoms with Gasteiger partial charge in [0.25, 0.3) is 0 Å². The van der Waals surface area contributed by atoms with E-state index < -0.39 is 23.5 Å². The molecule has 1 atom stereocenters. The zero-order valence-electron chi connectivity index (χ0n) is 14.0. The van der Waals surface area contributed by atoms with Crippen LogP contribution in [0.15, 0.2) is 32.0 Å². The number of carbonyl (C=O) groups is 2. The molecule has 0 spiro atoms. The van der Waals surface area contributed by atoms with Crippen LogP contribution in [0, 0.1) is 13.8 Å². The second-order valence-electron chi connectivity index (χ2n) is 6.06. The maximum Gasteiger partial charge on any atom is 0.340 e. The highest BCUT2D eigenvalue weighted by molar-refractivity contribution is 5.96. The molecular weight excluding hydrogens is 326 g/mol. The third kappa shape index (κ3) is 3.00. The smallest absolute Gasteiger partial charge is 0.340 e. The molecule has 7 heteroatoms. The Kier molecular flexibility index (Phi) is 4.08. The zero-order valence-corrected chi connectivity index (χ0v) is 14.0. The van der Waals surface area contributed by atoms with E-state index in [9.17, 15) is 14.4 Å². The molecule has 3 rings (SSSR count). The first-order valence-corrected chi connectivity index (χ1v) is 7.74. The van der Waals surface area contributed by atoms with Gasteiger partial charge in [0.15, 0.2) is 0 Å². The predicted octanol–water partition coefficient (Wildman–Crippen LogP) is 2.29. The quantitative estimate of drug-likeness (QED) is 0.703. The number of aliphatic carboxylic acids is 1. The Labute approximate surface area is 142 Å². The van der Waals surface area contributed by atoms with Crippen LogP contribution < -0.4 is 10.9 Å². The van der Waals surface area contributed by atoms with Gasteiger partial charge in [-0.15, -0.1) is 0 Å². The van der Waals surface area contributed by atoms with Crippen molar-refractivity contribution >= 4 is 33.8 Å². The molecule has 0 fully saturated rings. The number of carboxylic acids is 1. The molecule has 2 aromatic heterocycles. The molecule has 130 valence electrons. The molecule has 25 heavy (non-hydrogen) atoms. The van der Waals surface area contributed by atoms with Crippen LogP contribution in [0.1, 0.15) is 23.6 Å². The minimum atomic E-state index is -1.14. The third-order valence-corrected chi connectivity index (χ3v) is 4.26. The van der Waals surface area contributed by atoms with Gasteiger partial charge in [-0.2, -0.15) is 0 Å². The van der Waals surface area contributed by atoms with Crippen LogP contribution in [0.3, 0.4) is 0 Å². The second-order valence-corrected chi connectivity index (χ2v) is 6.06. The Hall–Kier alpha value is -3.09. The van der Waals surface area contributed by atoms with Gasteiger partial charge in [-0.25, -0.2) is 4.79 Å². The number of carboxylic acid groups (broad SMARTS) is 1. The molecule has 0 aliphatic carbocycles. The summed E-state index contributed by atoms with van der Waals surface area (Å²) in [6.45, 7) is 5.01. The summed E-state index contributed by atoms with van der Waals surface area (Å²) in [4.78, 5) is 35.1. The van der Waals surface area contributed by atoms with Crippen molar-refractivity contribution in [2.24, 2.45) is 0 Å². The molecule has 0 saturated heterocycles. The predicted molar refractivity (Wildman–Crippen MR) is 90.7 cm³/mol. The standard InChI is InChI=1S/C18H17NO6/c1-8-7-24-14-6-15-12(4-11(8)14)9(2)13(18(23)25-15)5-16(20)19-10(3)17(21)22/h4,6-7,10H,5H2,1-3H3,(H,19,20)(H,21,22)/t10-/m1/s1. The lowest BCUT2D eigenvalue weighted by molar-refractivity contribution is -0.141. The van der Waals surface area contributed by atoms with Crippen molar-refractivity contribution < 1.29 is 23.5 Å². The highest BCUT2D eigenvalue weighted by Crippen LogP contribution is 2.28. The number of rotatable bonds is 4. The molecule has 0 aliphatic heterocycles. The number of hydrogen-bond acceptors (Lipinski definition) is 5. The topological polar surface area (TPSA) is 110 Å². The summed E-state index contributed by atoms with van der Waals surface area (Å²) in [5.41, 5.74) is 2.18. The molecule has 0 radical (unpaired) electrons. The fourth-order valence-corrected chi connectivity index (χ4v) is 2.76. The number of amides is 1. The van der Waals surface area contributed by atoms with Crippen LogP contribution in [-0.2, 0) is 16.0 Å². The van der Waals surface area contributed by atoms with Gasteiger partial charge < -0.3 is 19.3 Å². The minimum absolute atomic E-state index is 0.211. The molecule has 3 aromatic rings. The van der Waals surface area contributed by atoms with Gasteiger partial charge in [0.2, 0.25) is 5.91 Å². The maximum absolute atomic E-state index is 12.3. The van der Waals surface area contributed by atoms with Gasteiger partial charge in [-0.3, -0.25) is 9.59 Å². The summed E-state index contributed by atoms with van der Waals surface area (Å²) < 4.78 is 10.7. The number of aryl methyl sites for hydroxylation is 2. The fraction of sp³-hybridized carbons (Fsp3) is 0.278. The van der Waals surface area contributed by atoms with Crippen molar-refractivity contribution in [3.05, 3.63) is 45.5 Å². The van der Waals surface area contributed by atoms with Crippen molar-refractivity contribution in [2.75, 3.05) is 0 Å². The first-order chi connectivity index (χ1) is 11.8. The largest absolute Gasteiger partial charge is 0.480 e. The molecule has 2 heterocycles. The first-order valence-electron chi connectivity index (χ1n) is 7.74. The molecule has 1 amide bonds. The van der Waals surface area contributed by atoms with Gasteiger partial charge in [-0.05, 0) is 38.0 Å². The van der Waals surface area contributed by atoms with Gasteiger partial charge in [0.1, 0.15) is 17.2 Å². The summed E-state index contributed by atoms with van der Waals surface area (Å²) >= 11 is 0. The number of carbonyl (C=O) groups excluding carboxylic acids is 1. The Bertz CT molecular complexity index is 1060. The van der Waals surface area contributed by atoms with Crippen molar-refractivity contribution in [3.8, 4) is 0 Å². The van der Waals surface area contributed by atoms with Gasteiger partial charge >= 0.3 is 11.6 Å². The number of hydrogen-bond donors (Lipinski definition) is 2. The molecule has 1 aromatic carbocycles. The second kappa shape index (κ2) is 6.08. The van der Waals surface area contributed by atoms with E-state index in [1.54, 1.807) is 19.3 Å². The van der Waals surface area contributed by atoms with Crippen molar-refractivity contribution in [1.82, 2.24) is 5.32 Å². The Morgan fingerprint density at radius 2 is 1.92 bits per heavy atom. The average Bonchev–Trinajstić information content (AvgIpc) is 2.90. The van der Waals surface area contributed by atoms with Crippen molar-refractivity contribution in [1.29, 1.82) is 0 Å². The lowest BCUT2D eigenvalue weighted by atomic mass is 10.0. The Morgan fingerprint density at radius 1 is 1.20 bits per heavy atom. The fourth-order valence-electron chi connectivity index (χ4n) is 2.76. The van der Waals surface area contributed by atoms with Crippen LogP contribution in [0.2, 0.25) is 0 Å². The van der Waals surface area contributed by atoms with E-state index in [-0.39, 0.29) is 12.0 Å². The number of furan rings is 1. The summed E-state index contributed by atoms with van der Waals surface area (Å²) in [5, 5.41) is 12.8. The summed E-state index contributed by atoms with van der Waals surface area (Å²) in [5.74, 6) is -1.70. The molecule has 0 unspecified atom stereocenters. The molecule has 7 nitrogen and oxygen atoms in total. The highest BCUT2D eigenvalue weighted by Gasteiger charge is 2.19. The van der Waals surface area contributed by atoms with E-state index in [0.29, 0.717) is 22.1 Å². The zero-order chi connectivity index (χ0) is 18.3. The van der Waals surface area contributed by atoms with Crippen LogP contribution in [-0.4, -0.2) is 23.0 Å². The maximum atomic E-state index is 12.3. The number of fused-ring (bicyclic) bond motifs is 2. The normalized spacial score (nSPS) is 12.4. The van der Waals surface area contributed by atoms with E-state index in [2.05, 4.69) is 5.32 Å². The monoisotopic (exact) mass is 343 g/mol. The van der Waals surface area contributed by atoms with E-state index >= 15 is 0 Å². The lowest BCUT2D eigenvalue weighted by Gasteiger charge is -2.11. The van der Waals surface area contributed by atoms with E-state index in [4.69, 9.17) is 13.9 Å². The Morgan fingerprint density at radius 3 is 2.60 bits per heavy atom. The summed E-state index contributed by atoms with van der Waals surface area (Å²) in [6, 6.07) is 2.49. The molecule has 0 aliphatic rings. The van der Waals surface area contributed by atoms with Gasteiger partial charge in [0.05, 0.1) is 18.2 Å². The Balaban J connectivity index is 2.05. The van der Waals surface area contributed by atoms with Crippen LogP contribution >= 0.6 is 0 Å². The number of benzene rings is 1.